The van der Waals surface area contributed by atoms with Gasteiger partial charge >= 0.3 is 5.16 Å². The topological polar surface area (TPSA) is 46.7 Å². The van der Waals surface area contributed by atoms with E-state index < -0.39 is 0 Å². The predicted octanol–water partition coefficient (Wildman–Crippen LogP) is 4.91. The highest BCUT2D eigenvalue weighted by Crippen LogP contribution is 2.24. The van der Waals surface area contributed by atoms with Gasteiger partial charge in [-0.05, 0) is 47.2 Å². The highest BCUT2D eigenvalue weighted by atomic mass is 79.9. The highest BCUT2D eigenvalue weighted by molar-refractivity contribution is 9.11. The summed E-state index contributed by atoms with van der Waals surface area (Å²) in [6.07, 6.45) is 3.36. The first-order chi connectivity index (χ1) is 12.1. The van der Waals surface area contributed by atoms with Crippen LogP contribution in [-0.4, -0.2) is 21.7 Å². The Morgan fingerprint density at radius 2 is 2.00 bits per heavy atom. The zero-order chi connectivity index (χ0) is 17.8. The number of rotatable bonds is 5. The number of hydrogen-bond acceptors (Lipinski definition) is 4. The molecule has 3 aromatic rings. The van der Waals surface area contributed by atoms with E-state index in [4.69, 9.17) is 11.6 Å². The molecule has 0 aliphatic rings. The van der Waals surface area contributed by atoms with Crippen molar-refractivity contribution in [3.05, 3.63) is 74.4 Å². The summed E-state index contributed by atoms with van der Waals surface area (Å²) in [6.45, 7) is 0. The predicted molar refractivity (Wildman–Crippen MR) is 105 cm³/mol. The molecule has 0 N–H and O–H groups in total. The van der Waals surface area contributed by atoms with Crippen LogP contribution in [0, 0.1) is 0 Å². The third-order valence-corrected chi connectivity index (χ3v) is 5.72. The van der Waals surface area contributed by atoms with E-state index in [1.165, 1.54) is 11.8 Å². The Morgan fingerprint density at radius 3 is 2.76 bits per heavy atom. The molecule has 0 atom stereocenters. The fourth-order valence-electron chi connectivity index (χ4n) is 2.14. The molecule has 0 bridgehead atoms. The molecule has 1 heterocycles. The molecule has 0 radical (unpaired) electrons. The molecule has 0 fully saturated rings. The Kier molecular flexibility index (Phi) is 6.22. The Hall–Kier alpha value is -1.28. The van der Waals surface area contributed by atoms with E-state index in [1.807, 2.05) is 41.0 Å². The van der Waals surface area contributed by atoms with Crippen molar-refractivity contribution in [1.82, 2.24) is 10.2 Å². The lowest BCUT2D eigenvalue weighted by Gasteiger charge is -2.05. The van der Waals surface area contributed by atoms with Crippen molar-refractivity contribution >= 4 is 61.0 Å². The summed E-state index contributed by atoms with van der Waals surface area (Å²) in [6, 6.07) is 12.9. The Bertz CT molecular complexity index is 939. The number of ketones is 1. The lowest BCUT2D eigenvalue weighted by atomic mass is 10.1. The van der Waals surface area contributed by atoms with Gasteiger partial charge < -0.3 is 0 Å². The molecule has 0 saturated carbocycles. The van der Waals surface area contributed by atoms with Crippen LogP contribution in [-0.2, 0) is 0 Å². The maximum absolute atomic E-state index is 12.5. The Balaban J connectivity index is 1.83. The van der Waals surface area contributed by atoms with Gasteiger partial charge in [0.15, 0.2) is 11.5 Å². The minimum Gasteiger partial charge on any atom is -0.293 e. The van der Waals surface area contributed by atoms with Gasteiger partial charge in [0.25, 0.3) is 0 Å². The van der Waals surface area contributed by atoms with Crippen molar-refractivity contribution in [2.75, 3.05) is 5.75 Å². The van der Waals surface area contributed by atoms with E-state index in [-0.39, 0.29) is 11.5 Å². The van der Waals surface area contributed by atoms with E-state index in [9.17, 15) is 4.79 Å². The Labute approximate surface area is 170 Å². The van der Waals surface area contributed by atoms with Crippen LogP contribution >= 0.6 is 55.2 Å². The molecule has 0 aliphatic carbocycles. The number of benzene rings is 2. The first kappa shape index (κ1) is 18.5. The molecular weight excluding hydrogens is 490 g/mol. The molecule has 0 saturated heterocycles. The van der Waals surface area contributed by atoms with Gasteiger partial charge in [-0.15, -0.1) is 0 Å². The lowest BCUT2D eigenvalue weighted by molar-refractivity contribution is -0.642. The minimum absolute atomic E-state index is 0.000682. The number of Topliss-reactive ketones (excluding diaryl/α,β-unsaturated/α-hetero) is 1. The van der Waals surface area contributed by atoms with Crippen LogP contribution in [0.2, 0.25) is 5.02 Å². The van der Waals surface area contributed by atoms with E-state index in [2.05, 4.69) is 42.1 Å². The van der Waals surface area contributed by atoms with Crippen molar-refractivity contribution in [2.24, 2.45) is 0 Å². The summed E-state index contributed by atoms with van der Waals surface area (Å²) in [4.78, 5) is 12.5. The van der Waals surface area contributed by atoms with Crippen molar-refractivity contribution in [1.29, 1.82) is 0 Å². The zero-order valence-corrected chi connectivity index (χ0v) is 17.4. The van der Waals surface area contributed by atoms with E-state index in [1.54, 1.807) is 18.5 Å². The van der Waals surface area contributed by atoms with E-state index in [0.29, 0.717) is 15.7 Å². The lowest BCUT2D eigenvalue weighted by Crippen LogP contribution is -2.35. The molecule has 4 nitrogen and oxygen atoms in total. The van der Waals surface area contributed by atoms with Gasteiger partial charge in [0.2, 0.25) is 0 Å². The third-order valence-electron chi connectivity index (χ3n) is 3.31. The summed E-state index contributed by atoms with van der Waals surface area (Å²) in [7, 11) is 0. The van der Waals surface area contributed by atoms with Crippen LogP contribution in [0.1, 0.15) is 10.4 Å². The maximum atomic E-state index is 12.5. The molecule has 1 aromatic heterocycles. The largest absolute Gasteiger partial charge is 0.391 e. The SMILES string of the molecule is O=C(CSc1nncc[n+]1-c1ccccc1Cl)c1ccc(Br)cc1Br. The monoisotopic (exact) mass is 498 g/mol. The molecule has 2 aromatic carbocycles. The average molecular weight is 501 g/mol. The molecule has 0 amide bonds. The molecule has 8 heteroatoms. The fraction of sp³-hybridized carbons (Fsp3) is 0.0588. The number of thioether (sulfide) groups is 1. The van der Waals surface area contributed by atoms with Gasteiger partial charge in [0.05, 0.1) is 15.9 Å². The molecule has 3 rings (SSSR count). The van der Waals surface area contributed by atoms with Gasteiger partial charge in [-0.25, -0.2) is 0 Å². The second kappa shape index (κ2) is 8.40. The van der Waals surface area contributed by atoms with Crippen LogP contribution in [0.15, 0.2) is 69.0 Å². The summed E-state index contributed by atoms with van der Waals surface area (Å²) >= 11 is 14.4. The number of carbonyl (C=O) groups excluding carboxylic acids is 1. The smallest absolute Gasteiger partial charge is 0.293 e. The van der Waals surface area contributed by atoms with Gasteiger partial charge in [-0.3, -0.25) is 4.79 Å². The average Bonchev–Trinajstić information content (AvgIpc) is 2.60. The van der Waals surface area contributed by atoms with Gasteiger partial charge in [-0.1, -0.05) is 55.6 Å². The summed E-state index contributed by atoms with van der Waals surface area (Å²) in [5.74, 6) is 0.240. The highest BCUT2D eigenvalue weighted by Gasteiger charge is 2.20. The van der Waals surface area contributed by atoms with Crippen LogP contribution < -0.4 is 4.57 Å². The second-order valence-corrected chi connectivity index (χ2v) is 8.07. The van der Waals surface area contributed by atoms with Gasteiger partial charge in [-0.2, -0.15) is 4.57 Å². The summed E-state index contributed by atoms with van der Waals surface area (Å²) < 4.78 is 3.49. The van der Waals surface area contributed by atoms with Crippen molar-refractivity contribution in [3.8, 4) is 5.69 Å². The van der Waals surface area contributed by atoms with E-state index in [0.717, 1.165) is 14.6 Å². The van der Waals surface area contributed by atoms with Crippen LogP contribution in [0.25, 0.3) is 5.69 Å². The van der Waals surface area contributed by atoms with Gasteiger partial charge in [0.1, 0.15) is 12.4 Å². The molecular formula is C17H11Br2ClN3OS+. The van der Waals surface area contributed by atoms with Crippen molar-refractivity contribution < 1.29 is 9.36 Å². The van der Waals surface area contributed by atoms with Crippen molar-refractivity contribution in [3.63, 3.8) is 0 Å². The third kappa shape index (κ3) is 4.47. The van der Waals surface area contributed by atoms with Crippen LogP contribution in [0.4, 0.5) is 0 Å². The minimum atomic E-state index is 0.000682. The summed E-state index contributed by atoms with van der Waals surface area (Å²) in [5.41, 5.74) is 1.42. The van der Waals surface area contributed by atoms with E-state index >= 15 is 0 Å². The van der Waals surface area contributed by atoms with Crippen molar-refractivity contribution in [2.45, 2.75) is 5.16 Å². The van der Waals surface area contributed by atoms with Crippen LogP contribution in [0.5, 0.6) is 0 Å². The molecule has 0 aliphatic heterocycles. The summed E-state index contributed by atoms with van der Waals surface area (Å²) in [5, 5.41) is 9.26. The first-order valence-electron chi connectivity index (χ1n) is 7.15. The molecule has 0 unspecified atom stereocenters. The number of hydrogen-bond donors (Lipinski definition) is 0. The molecule has 0 spiro atoms. The normalized spacial score (nSPS) is 10.7. The molecule has 126 valence electrons. The number of halogens is 3. The first-order valence-corrected chi connectivity index (χ1v) is 10.1. The quantitative estimate of drug-likeness (QED) is 0.284. The maximum Gasteiger partial charge on any atom is 0.391 e. The Morgan fingerprint density at radius 1 is 1.20 bits per heavy atom. The van der Waals surface area contributed by atoms with Crippen LogP contribution in [0.3, 0.4) is 0 Å². The number of para-hydroxylation sites is 1. The second-order valence-electron chi connectivity index (χ2n) is 4.95. The zero-order valence-electron chi connectivity index (χ0n) is 12.7. The number of nitrogens with zero attached hydrogens (tertiary/aromatic N) is 3. The fourth-order valence-corrected chi connectivity index (χ4v) is 4.46. The standard InChI is InChI=1S/C17H11Br2ClN3OS/c18-11-5-6-12(13(19)9-11)16(24)10-25-17-22-21-7-8-23(17)15-4-2-1-3-14(15)20/h1-9H,10H2/q+1. The molecule has 25 heavy (non-hydrogen) atoms. The van der Waals surface area contributed by atoms with Gasteiger partial charge in [0, 0.05) is 14.5 Å². The number of aromatic nitrogens is 3. The number of carbonyl (C=O) groups is 1.